The van der Waals surface area contributed by atoms with Crippen LogP contribution in [0, 0.1) is 18.7 Å². The van der Waals surface area contributed by atoms with Gasteiger partial charge in [-0.3, -0.25) is 9.20 Å². The van der Waals surface area contributed by atoms with Gasteiger partial charge in [0, 0.05) is 6.20 Å². The molecule has 3 aromatic rings. The molecule has 1 aliphatic carbocycles. The number of carbonyl (C=O) groups excluding carboxylic acids is 1. The first-order chi connectivity index (χ1) is 12.1. The molecule has 0 unspecified atom stereocenters. The fraction of sp³-hybridized carbons (Fsp3) is 0.316. The van der Waals surface area contributed by atoms with Gasteiger partial charge in [0.1, 0.15) is 11.6 Å². The van der Waals surface area contributed by atoms with Crippen molar-refractivity contribution in [3.05, 3.63) is 65.4 Å². The number of rotatable bonds is 4. The van der Waals surface area contributed by atoms with Crippen molar-refractivity contribution in [2.24, 2.45) is 5.92 Å². The maximum Gasteiger partial charge on any atom is 0.253 e. The number of pyridine rings is 1. The number of carbonyl (C=O) groups is 1. The van der Waals surface area contributed by atoms with Crippen LogP contribution < -0.4 is 5.32 Å². The first-order valence-corrected chi connectivity index (χ1v) is 8.49. The van der Waals surface area contributed by atoms with Gasteiger partial charge < -0.3 is 5.32 Å². The van der Waals surface area contributed by atoms with Crippen molar-refractivity contribution in [2.75, 3.05) is 0 Å². The van der Waals surface area contributed by atoms with Crippen molar-refractivity contribution in [2.45, 2.75) is 32.2 Å². The van der Waals surface area contributed by atoms with Crippen molar-refractivity contribution in [3.8, 4) is 0 Å². The monoisotopic (exact) mass is 338 g/mol. The first-order valence-electron chi connectivity index (χ1n) is 8.49. The molecule has 0 radical (unpaired) electrons. The second-order valence-corrected chi connectivity index (χ2v) is 6.59. The normalized spacial score (nSPS) is 15.8. The molecule has 1 fully saturated rings. The Kier molecular flexibility index (Phi) is 3.95. The molecule has 1 aromatic carbocycles. The predicted molar refractivity (Wildman–Crippen MR) is 91.7 cm³/mol. The number of aryl methyl sites for hydroxylation is 1. The minimum atomic E-state index is -0.268. The van der Waals surface area contributed by atoms with Crippen LogP contribution in [-0.4, -0.2) is 20.5 Å². The van der Waals surface area contributed by atoms with Gasteiger partial charge in [-0.25, -0.2) is 4.39 Å². The Morgan fingerprint density at radius 2 is 1.96 bits per heavy atom. The summed E-state index contributed by atoms with van der Waals surface area (Å²) in [6.07, 6.45) is 5.07. The summed E-state index contributed by atoms with van der Waals surface area (Å²) in [4.78, 5) is 12.8. The average molecular weight is 338 g/mol. The molecule has 1 amide bonds. The van der Waals surface area contributed by atoms with E-state index < -0.39 is 0 Å². The van der Waals surface area contributed by atoms with Gasteiger partial charge in [-0.1, -0.05) is 18.6 Å². The third kappa shape index (κ3) is 2.99. The zero-order chi connectivity index (χ0) is 17.4. The number of hydrogen-bond acceptors (Lipinski definition) is 3. The lowest BCUT2D eigenvalue weighted by Crippen LogP contribution is -2.36. The molecule has 4 rings (SSSR count). The van der Waals surface area contributed by atoms with Crippen LogP contribution in [0.1, 0.15) is 47.1 Å². The van der Waals surface area contributed by atoms with Crippen LogP contribution in [-0.2, 0) is 0 Å². The molecule has 0 spiro atoms. The molecule has 5 nitrogen and oxygen atoms in total. The van der Waals surface area contributed by atoms with Crippen molar-refractivity contribution in [1.82, 2.24) is 19.9 Å². The number of fused-ring (bicyclic) bond motifs is 1. The zero-order valence-electron chi connectivity index (χ0n) is 13.9. The summed E-state index contributed by atoms with van der Waals surface area (Å²) in [7, 11) is 0. The number of nitrogens with zero attached hydrogens (tertiary/aromatic N) is 3. The predicted octanol–water partition coefficient (Wildman–Crippen LogP) is 3.45. The van der Waals surface area contributed by atoms with Crippen molar-refractivity contribution in [1.29, 1.82) is 0 Å². The molecule has 1 atom stereocenters. The largest absolute Gasteiger partial charge is 0.345 e. The van der Waals surface area contributed by atoms with E-state index in [2.05, 4.69) is 15.5 Å². The van der Waals surface area contributed by atoms with E-state index in [1.807, 2.05) is 6.92 Å². The van der Waals surface area contributed by atoms with E-state index in [4.69, 9.17) is 0 Å². The Morgan fingerprint density at radius 3 is 2.64 bits per heavy atom. The van der Waals surface area contributed by atoms with Crippen LogP contribution in [0.3, 0.4) is 0 Å². The van der Waals surface area contributed by atoms with Gasteiger partial charge >= 0.3 is 0 Å². The molecule has 0 saturated heterocycles. The summed E-state index contributed by atoms with van der Waals surface area (Å²) < 4.78 is 15.0. The van der Waals surface area contributed by atoms with Gasteiger partial charge in [-0.2, -0.15) is 0 Å². The number of benzene rings is 1. The summed E-state index contributed by atoms with van der Waals surface area (Å²) in [6.45, 7) is 1.84. The Labute approximate surface area is 144 Å². The van der Waals surface area contributed by atoms with Crippen LogP contribution >= 0.6 is 0 Å². The summed E-state index contributed by atoms with van der Waals surface area (Å²) in [5, 5.41) is 11.2. The van der Waals surface area contributed by atoms with Crippen molar-refractivity contribution < 1.29 is 9.18 Å². The van der Waals surface area contributed by atoms with E-state index in [9.17, 15) is 9.18 Å². The Hall–Kier alpha value is -2.76. The summed E-state index contributed by atoms with van der Waals surface area (Å²) in [5.41, 5.74) is 2.21. The maximum absolute atomic E-state index is 13.2. The van der Waals surface area contributed by atoms with Crippen molar-refractivity contribution in [3.63, 3.8) is 0 Å². The molecule has 2 aromatic heterocycles. The van der Waals surface area contributed by atoms with E-state index in [1.54, 1.807) is 34.9 Å². The highest BCUT2D eigenvalue weighted by atomic mass is 19.1. The van der Waals surface area contributed by atoms with E-state index in [0.29, 0.717) is 17.1 Å². The van der Waals surface area contributed by atoms with E-state index in [1.165, 1.54) is 18.6 Å². The molecule has 2 heterocycles. The molecular formula is C19H19FN4O. The minimum Gasteiger partial charge on any atom is -0.345 e. The minimum absolute atomic E-state index is 0.0976. The lowest BCUT2D eigenvalue weighted by atomic mass is 9.77. The quantitative estimate of drug-likeness (QED) is 0.793. The molecule has 128 valence electrons. The highest BCUT2D eigenvalue weighted by molar-refractivity contribution is 5.94. The molecule has 0 aliphatic heterocycles. The number of halogens is 1. The third-order valence-corrected chi connectivity index (χ3v) is 4.97. The summed E-state index contributed by atoms with van der Waals surface area (Å²) >= 11 is 0. The maximum atomic E-state index is 13.2. The van der Waals surface area contributed by atoms with Crippen LogP contribution in [0.5, 0.6) is 0 Å². The second-order valence-electron chi connectivity index (χ2n) is 6.59. The number of hydrogen-bond donors (Lipinski definition) is 1. The van der Waals surface area contributed by atoms with Crippen molar-refractivity contribution >= 4 is 11.6 Å². The summed E-state index contributed by atoms with van der Waals surface area (Å²) in [6, 6.07) is 9.84. The molecule has 6 heteroatoms. The number of amides is 1. The lowest BCUT2D eigenvalue weighted by molar-refractivity contribution is 0.0900. The van der Waals surface area contributed by atoms with E-state index in [0.717, 1.165) is 24.2 Å². The molecular weight excluding hydrogens is 319 g/mol. The first kappa shape index (κ1) is 15.7. The Morgan fingerprint density at radius 1 is 1.20 bits per heavy atom. The van der Waals surface area contributed by atoms with Gasteiger partial charge in [-0.05, 0) is 55.5 Å². The smallest absolute Gasteiger partial charge is 0.253 e. The SMILES string of the molecule is Cc1nnc2ccc(C(=O)N[C@H](c3ccc(F)cc3)C3CCC3)cn12. The molecule has 1 saturated carbocycles. The lowest BCUT2D eigenvalue weighted by Gasteiger charge is -2.34. The highest BCUT2D eigenvalue weighted by Crippen LogP contribution is 2.37. The molecule has 1 N–H and O–H groups in total. The van der Waals surface area contributed by atoms with Crippen LogP contribution in [0.25, 0.3) is 5.65 Å². The third-order valence-electron chi connectivity index (χ3n) is 4.97. The van der Waals surface area contributed by atoms with Crippen LogP contribution in [0.4, 0.5) is 4.39 Å². The summed E-state index contributed by atoms with van der Waals surface area (Å²) in [5.74, 6) is 0.723. The fourth-order valence-corrected chi connectivity index (χ4v) is 3.28. The topological polar surface area (TPSA) is 59.3 Å². The van der Waals surface area contributed by atoms with Gasteiger partial charge in [0.2, 0.25) is 0 Å². The average Bonchev–Trinajstić information content (AvgIpc) is 2.94. The fourth-order valence-electron chi connectivity index (χ4n) is 3.28. The Bertz CT molecular complexity index is 915. The van der Waals surface area contributed by atoms with E-state index in [-0.39, 0.29) is 17.8 Å². The molecule has 0 bridgehead atoms. The standard InChI is InChI=1S/C19H19FN4O/c1-12-22-23-17-10-7-15(11-24(12)17)19(25)21-18(13-3-2-4-13)14-5-8-16(20)9-6-14/h5-11,13,18H,2-4H2,1H3,(H,21,25)/t18-/m0/s1. The van der Waals surface area contributed by atoms with Crippen LogP contribution in [0.15, 0.2) is 42.6 Å². The number of nitrogens with one attached hydrogen (secondary N) is 1. The van der Waals surface area contributed by atoms with Gasteiger partial charge in [0.05, 0.1) is 11.6 Å². The highest BCUT2D eigenvalue weighted by Gasteiger charge is 2.30. The van der Waals surface area contributed by atoms with Gasteiger partial charge in [0.15, 0.2) is 5.65 Å². The zero-order valence-corrected chi connectivity index (χ0v) is 13.9. The second kappa shape index (κ2) is 6.27. The molecule has 1 aliphatic rings. The molecule has 25 heavy (non-hydrogen) atoms. The van der Waals surface area contributed by atoms with Gasteiger partial charge in [0.25, 0.3) is 5.91 Å². The van der Waals surface area contributed by atoms with Gasteiger partial charge in [-0.15, -0.1) is 10.2 Å². The van der Waals surface area contributed by atoms with Crippen LogP contribution in [0.2, 0.25) is 0 Å². The number of aromatic nitrogens is 3. The Balaban J connectivity index is 1.60. The van der Waals surface area contributed by atoms with E-state index >= 15 is 0 Å².